The number of esters is 3. The van der Waals surface area contributed by atoms with Gasteiger partial charge in [0.15, 0.2) is 6.10 Å². The van der Waals surface area contributed by atoms with Gasteiger partial charge >= 0.3 is 17.9 Å². The molecule has 1 unspecified atom stereocenters. The van der Waals surface area contributed by atoms with Crippen LogP contribution in [-0.2, 0) is 28.6 Å². The third-order valence-electron chi connectivity index (χ3n) is 15.1. The molecule has 0 aliphatic heterocycles. The van der Waals surface area contributed by atoms with Crippen molar-refractivity contribution in [2.24, 2.45) is 0 Å². The predicted molar refractivity (Wildman–Crippen MR) is 330 cm³/mol. The van der Waals surface area contributed by atoms with Gasteiger partial charge in [-0.1, -0.05) is 307 Å². The maximum atomic E-state index is 12.9. The fourth-order valence-corrected chi connectivity index (χ4v) is 9.98. The van der Waals surface area contributed by atoms with Crippen LogP contribution in [0.25, 0.3) is 0 Å². The van der Waals surface area contributed by atoms with Gasteiger partial charge in [0.25, 0.3) is 0 Å². The Hall–Kier alpha value is -2.63. The standard InChI is InChI=1S/C70H128O6/c1-4-7-10-13-16-19-22-25-27-28-29-30-31-32-33-34-35-36-37-38-39-40-41-42-44-45-48-51-54-57-60-63-69(72)75-66-67(65-74-68(71)62-59-56-53-50-47-24-21-18-15-12-9-6-3)76-70(73)64-61-58-55-52-49-46-43-26-23-20-17-14-11-8-5-2/h18,21-22,25,28-29,31-32,67H,4-17,19-20,23-24,26-27,30,33-66H2,1-3H3/b21-18-,25-22-,29-28-,32-31-. The fraction of sp³-hybridized carbons (Fsp3) is 0.843. The SMILES string of the molecule is CCCCC/C=C\CCCCCCCC(=O)OCC(COC(=O)CCCCCCCCCCCCCCCCCC/C=C\C/C=C\C/C=C\CCCCCCC)OC(=O)CCCCCCCCCCCCCCCCC. The van der Waals surface area contributed by atoms with E-state index in [9.17, 15) is 14.4 Å². The Morgan fingerprint density at radius 3 is 0.776 bits per heavy atom. The van der Waals surface area contributed by atoms with Gasteiger partial charge in [0.2, 0.25) is 0 Å². The van der Waals surface area contributed by atoms with Gasteiger partial charge in [-0.25, -0.2) is 0 Å². The number of rotatable bonds is 62. The van der Waals surface area contributed by atoms with Crippen LogP contribution in [0.1, 0.15) is 361 Å². The fourth-order valence-electron chi connectivity index (χ4n) is 9.98. The molecule has 0 fully saturated rings. The van der Waals surface area contributed by atoms with Crippen molar-refractivity contribution in [2.45, 2.75) is 367 Å². The number of ether oxygens (including phenoxy) is 3. The number of hydrogen-bond donors (Lipinski definition) is 0. The summed E-state index contributed by atoms with van der Waals surface area (Å²) in [5.74, 6) is -0.858. The van der Waals surface area contributed by atoms with Crippen molar-refractivity contribution in [3.63, 3.8) is 0 Å². The Morgan fingerprint density at radius 2 is 0.474 bits per heavy atom. The zero-order valence-corrected chi connectivity index (χ0v) is 51.0. The third-order valence-corrected chi connectivity index (χ3v) is 15.1. The summed E-state index contributed by atoms with van der Waals surface area (Å²) in [6.45, 7) is 6.65. The van der Waals surface area contributed by atoms with E-state index < -0.39 is 6.10 Å². The highest BCUT2D eigenvalue weighted by Gasteiger charge is 2.19. The minimum atomic E-state index is -0.773. The summed E-state index contributed by atoms with van der Waals surface area (Å²) >= 11 is 0. The van der Waals surface area contributed by atoms with Crippen LogP contribution in [0, 0.1) is 0 Å². The second-order valence-corrected chi connectivity index (χ2v) is 22.7. The summed E-state index contributed by atoms with van der Waals surface area (Å²) in [7, 11) is 0. The van der Waals surface area contributed by atoms with Gasteiger partial charge in [0.1, 0.15) is 13.2 Å². The van der Waals surface area contributed by atoms with Crippen LogP contribution in [0.15, 0.2) is 48.6 Å². The van der Waals surface area contributed by atoms with Crippen molar-refractivity contribution in [3.05, 3.63) is 48.6 Å². The van der Waals surface area contributed by atoms with Crippen molar-refractivity contribution in [2.75, 3.05) is 13.2 Å². The van der Waals surface area contributed by atoms with Crippen molar-refractivity contribution in [1.29, 1.82) is 0 Å². The second-order valence-electron chi connectivity index (χ2n) is 22.7. The number of carbonyl (C=O) groups excluding carboxylic acids is 3. The quantitative estimate of drug-likeness (QED) is 0.0261. The number of allylic oxidation sites excluding steroid dienone is 8. The Morgan fingerprint density at radius 1 is 0.263 bits per heavy atom. The molecule has 0 spiro atoms. The molecule has 0 aromatic rings. The van der Waals surface area contributed by atoms with E-state index in [1.807, 2.05) is 0 Å². The van der Waals surface area contributed by atoms with Gasteiger partial charge in [-0.15, -0.1) is 0 Å². The molecular weight excluding hydrogens is 937 g/mol. The first-order valence-electron chi connectivity index (χ1n) is 33.6. The topological polar surface area (TPSA) is 78.9 Å². The highest BCUT2D eigenvalue weighted by molar-refractivity contribution is 5.71. The molecule has 1 atom stereocenters. The molecule has 0 rings (SSSR count). The number of hydrogen-bond acceptors (Lipinski definition) is 6. The van der Waals surface area contributed by atoms with Crippen LogP contribution in [0.4, 0.5) is 0 Å². The van der Waals surface area contributed by atoms with Gasteiger partial charge < -0.3 is 14.2 Å². The maximum absolute atomic E-state index is 12.9. The van der Waals surface area contributed by atoms with Gasteiger partial charge in [-0.2, -0.15) is 0 Å². The molecule has 0 saturated heterocycles. The molecular formula is C70H128O6. The number of unbranched alkanes of at least 4 members (excludes halogenated alkanes) is 43. The van der Waals surface area contributed by atoms with Crippen molar-refractivity contribution in [3.8, 4) is 0 Å². The summed E-state index contributed by atoms with van der Waals surface area (Å²) in [6.07, 6.45) is 81.4. The lowest BCUT2D eigenvalue weighted by atomic mass is 10.0. The smallest absolute Gasteiger partial charge is 0.306 e. The van der Waals surface area contributed by atoms with E-state index in [1.54, 1.807) is 0 Å². The van der Waals surface area contributed by atoms with Crippen LogP contribution in [-0.4, -0.2) is 37.2 Å². The molecule has 6 nitrogen and oxygen atoms in total. The number of carbonyl (C=O) groups is 3. The third kappa shape index (κ3) is 62.2. The summed E-state index contributed by atoms with van der Waals surface area (Å²) in [5.41, 5.74) is 0. The van der Waals surface area contributed by atoms with E-state index in [-0.39, 0.29) is 31.1 Å². The van der Waals surface area contributed by atoms with Crippen molar-refractivity contribution < 1.29 is 28.6 Å². The van der Waals surface area contributed by atoms with Gasteiger partial charge in [0.05, 0.1) is 0 Å². The first-order valence-corrected chi connectivity index (χ1v) is 33.6. The molecule has 0 heterocycles. The van der Waals surface area contributed by atoms with E-state index in [2.05, 4.69) is 69.4 Å². The molecule has 0 aromatic carbocycles. The van der Waals surface area contributed by atoms with Crippen molar-refractivity contribution in [1.82, 2.24) is 0 Å². The van der Waals surface area contributed by atoms with Crippen LogP contribution in [0.2, 0.25) is 0 Å². The summed E-state index contributed by atoms with van der Waals surface area (Å²) in [5, 5.41) is 0. The zero-order valence-electron chi connectivity index (χ0n) is 51.0. The lowest BCUT2D eigenvalue weighted by Crippen LogP contribution is -2.30. The van der Waals surface area contributed by atoms with Crippen molar-refractivity contribution >= 4 is 17.9 Å². The first-order chi connectivity index (χ1) is 37.5. The van der Waals surface area contributed by atoms with E-state index in [4.69, 9.17) is 14.2 Å². The molecule has 0 N–H and O–H groups in total. The Labute approximate surface area is 473 Å². The van der Waals surface area contributed by atoms with Crippen LogP contribution < -0.4 is 0 Å². The molecule has 0 amide bonds. The summed E-state index contributed by atoms with van der Waals surface area (Å²) in [6, 6.07) is 0. The largest absolute Gasteiger partial charge is 0.462 e. The van der Waals surface area contributed by atoms with E-state index in [1.165, 1.54) is 244 Å². The van der Waals surface area contributed by atoms with Crippen LogP contribution >= 0.6 is 0 Å². The Bertz CT molecular complexity index is 1310. The molecule has 444 valence electrons. The van der Waals surface area contributed by atoms with E-state index in [0.29, 0.717) is 19.3 Å². The lowest BCUT2D eigenvalue weighted by Gasteiger charge is -2.18. The Kier molecular flexibility index (Phi) is 62.6. The van der Waals surface area contributed by atoms with Gasteiger partial charge in [-0.3, -0.25) is 14.4 Å². The minimum Gasteiger partial charge on any atom is -0.462 e. The molecule has 0 radical (unpaired) electrons. The molecule has 0 bridgehead atoms. The second kappa shape index (κ2) is 64.9. The Balaban J connectivity index is 4.13. The highest BCUT2D eigenvalue weighted by Crippen LogP contribution is 2.18. The predicted octanol–water partition coefficient (Wildman–Crippen LogP) is 22.9. The van der Waals surface area contributed by atoms with Crippen LogP contribution in [0.5, 0.6) is 0 Å². The first kappa shape index (κ1) is 73.4. The maximum Gasteiger partial charge on any atom is 0.306 e. The summed E-state index contributed by atoms with van der Waals surface area (Å²) < 4.78 is 16.9. The minimum absolute atomic E-state index is 0.0708. The molecule has 0 aliphatic carbocycles. The van der Waals surface area contributed by atoms with Gasteiger partial charge in [0, 0.05) is 19.3 Å². The van der Waals surface area contributed by atoms with Gasteiger partial charge in [-0.05, 0) is 83.5 Å². The average molecular weight is 1070 g/mol. The van der Waals surface area contributed by atoms with Crippen LogP contribution in [0.3, 0.4) is 0 Å². The monoisotopic (exact) mass is 1060 g/mol. The molecule has 0 aromatic heterocycles. The van der Waals surface area contributed by atoms with E-state index >= 15 is 0 Å². The molecule has 0 aliphatic rings. The molecule has 76 heavy (non-hydrogen) atoms. The molecule has 0 saturated carbocycles. The highest BCUT2D eigenvalue weighted by atomic mass is 16.6. The average Bonchev–Trinajstić information content (AvgIpc) is 3.42. The van der Waals surface area contributed by atoms with E-state index in [0.717, 1.165) is 77.0 Å². The summed E-state index contributed by atoms with van der Waals surface area (Å²) in [4.78, 5) is 38.3. The zero-order chi connectivity index (χ0) is 55.0. The normalized spacial score (nSPS) is 12.3. The molecule has 6 heteroatoms. The lowest BCUT2D eigenvalue weighted by molar-refractivity contribution is -0.167.